The molecule has 0 spiro atoms. The van der Waals surface area contributed by atoms with E-state index >= 15 is 0 Å². The standard InChI is InChI=1S/C10H18Te/c1-3-10(11-2)9-7-5-4-6-8-9/h3,9-10H,1,4-8H2,2H3. The van der Waals surface area contributed by atoms with Gasteiger partial charge in [0.05, 0.1) is 0 Å². The molecule has 0 aromatic carbocycles. The third-order valence-corrected chi connectivity index (χ3v) is 5.82. The zero-order valence-corrected chi connectivity index (χ0v) is 9.71. The van der Waals surface area contributed by atoms with E-state index in [9.17, 15) is 0 Å². The maximum atomic E-state index is 3.94. The predicted octanol–water partition coefficient (Wildman–Crippen LogP) is 3.29. The van der Waals surface area contributed by atoms with Crippen molar-refractivity contribution in [1.29, 1.82) is 0 Å². The Morgan fingerprint density at radius 1 is 1.36 bits per heavy atom. The van der Waals surface area contributed by atoms with E-state index in [4.69, 9.17) is 0 Å². The fraction of sp³-hybridized carbons (Fsp3) is 0.800. The summed E-state index contributed by atoms with van der Waals surface area (Å²) in [6, 6.07) is 0. The van der Waals surface area contributed by atoms with E-state index in [1.807, 2.05) is 0 Å². The molecular weight excluding hydrogens is 248 g/mol. The summed E-state index contributed by atoms with van der Waals surface area (Å²) in [4.78, 5) is 2.41. The van der Waals surface area contributed by atoms with Crippen LogP contribution < -0.4 is 0 Å². The van der Waals surface area contributed by atoms with Gasteiger partial charge in [-0.15, -0.1) is 0 Å². The molecule has 0 aromatic rings. The van der Waals surface area contributed by atoms with Gasteiger partial charge in [-0.05, 0) is 0 Å². The van der Waals surface area contributed by atoms with E-state index in [2.05, 4.69) is 17.6 Å². The number of hydrogen-bond acceptors (Lipinski definition) is 0. The fourth-order valence-corrected chi connectivity index (χ4v) is 4.37. The van der Waals surface area contributed by atoms with Gasteiger partial charge in [-0.25, -0.2) is 0 Å². The summed E-state index contributed by atoms with van der Waals surface area (Å²) >= 11 is 0.237. The second-order valence-electron chi connectivity index (χ2n) is 3.33. The molecule has 0 aromatic heterocycles. The van der Waals surface area contributed by atoms with Crippen LogP contribution in [0.1, 0.15) is 32.1 Å². The molecule has 1 atom stereocenters. The molecule has 0 radical (unpaired) electrons. The predicted molar refractivity (Wildman–Crippen MR) is 52.1 cm³/mol. The molecule has 0 aliphatic heterocycles. The van der Waals surface area contributed by atoms with Crippen LogP contribution in [-0.2, 0) is 0 Å². The van der Waals surface area contributed by atoms with Crippen molar-refractivity contribution in [1.82, 2.24) is 0 Å². The second kappa shape index (κ2) is 5.22. The van der Waals surface area contributed by atoms with Crippen molar-refractivity contribution in [3.05, 3.63) is 12.7 Å². The van der Waals surface area contributed by atoms with E-state index in [1.165, 1.54) is 32.1 Å². The van der Waals surface area contributed by atoms with Crippen molar-refractivity contribution < 1.29 is 0 Å². The van der Waals surface area contributed by atoms with Gasteiger partial charge in [0.1, 0.15) is 0 Å². The van der Waals surface area contributed by atoms with Crippen LogP contribution in [0, 0.1) is 5.92 Å². The molecule has 1 rings (SSSR count). The Kier molecular flexibility index (Phi) is 4.57. The van der Waals surface area contributed by atoms with Gasteiger partial charge < -0.3 is 0 Å². The van der Waals surface area contributed by atoms with Crippen LogP contribution in [-0.4, -0.2) is 20.9 Å². The monoisotopic (exact) mass is 268 g/mol. The second-order valence-corrected chi connectivity index (χ2v) is 6.23. The van der Waals surface area contributed by atoms with Crippen LogP contribution in [0.3, 0.4) is 0 Å². The van der Waals surface area contributed by atoms with Gasteiger partial charge in [0, 0.05) is 0 Å². The van der Waals surface area contributed by atoms with E-state index < -0.39 is 0 Å². The molecule has 1 saturated carbocycles. The van der Waals surface area contributed by atoms with Crippen LogP contribution in [0.25, 0.3) is 0 Å². The van der Waals surface area contributed by atoms with Crippen LogP contribution in [0.2, 0.25) is 8.94 Å². The van der Waals surface area contributed by atoms with Crippen molar-refractivity contribution in [2.75, 3.05) is 0 Å². The third-order valence-electron chi connectivity index (χ3n) is 2.62. The molecule has 64 valence electrons. The summed E-state index contributed by atoms with van der Waals surface area (Å²) in [5, 5.41) is 0. The van der Waals surface area contributed by atoms with Gasteiger partial charge in [-0.3, -0.25) is 0 Å². The van der Waals surface area contributed by atoms with Crippen molar-refractivity contribution in [3.8, 4) is 0 Å². The van der Waals surface area contributed by atoms with E-state index in [0.717, 1.165) is 9.88 Å². The maximum absolute atomic E-state index is 3.94. The first-order valence-corrected chi connectivity index (χ1v) is 8.21. The molecule has 0 bridgehead atoms. The number of allylic oxidation sites excluding steroid dienone is 1. The van der Waals surface area contributed by atoms with Crippen molar-refractivity contribution in [2.45, 2.75) is 41.0 Å². The Morgan fingerprint density at radius 3 is 2.45 bits per heavy atom. The minimum atomic E-state index is 0.237. The summed E-state index contributed by atoms with van der Waals surface area (Å²) < 4.78 is 0.931. The Bertz CT molecular complexity index is 114. The molecule has 1 aliphatic carbocycles. The Hall–Kier alpha value is 0.530. The van der Waals surface area contributed by atoms with Gasteiger partial charge in [0.15, 0.2) is 0 Å². The van der Waals surface area contributed by atoms with Crippen molar-refractivity contribution in [3.63, 3.8) is 0 Å². The molecule has 1 fully saturated rings. The molecule has 11 heavy (non-hydrogen) atoms. The number of rotatable bonds is 3. The van der Waals surface area contributed by atoms with Gasteiger partial charge >= 0.3 is 80.5 Å². The van der Waals surface area contributed by atoms with Crippen LogP contribution in [0.15, 0.2) is 12.7 Å². The van der Waals surface area contributed by atoms with Crippen LogP contribution >= 0.6 is 0 Å². The molecular formula is C10H18Te. The molecule has 0 N–H and O–H groups in total. The van der Waals surface area contributed by atoms with Gasteiger partial charge in [-0.2, -0.15) is 0 Å². The summed E-state index contributed by atoms with van der Waals surface area (Å²) in [6.07, 6.45) is 9.61. The quantitative estimate of drug-likeness (QED) is 0.543. The topological polar surface area (TPSA) is 0 Å². The summed E-state index contributed by atoms with van der Waals surface area (Å²) in [6.45, 7) is 3.94. The van der Waals surface area contributed by atoms with Crippen molar-refractivity contribution >= 4 is 20.9 Å². The van der Waals surface area contributed by atoms with Gasteiger partial charge in [0.25, 0.3) is 0 Å². The van der Waals surface area contributed by atoms with Crippen LogP contribution in [0.4, 0.5) is 0 Å². The Morgan fingerprint density at radius 2 is 2.00 bits per heavy atom. The van der Waals surface area contributed by atoms with E-state index in [1.54, 1.807) is 0 Å². The summed E-state index contributed by atoms with van der Waals surface area (Å²) in [5.41, 5.74) is 0. The average molecular weight is 266 g/mol. The van der Waals surface area contributed by atoms with Gasteiger partial charge in [-0.1, -0.05) is 0 Å². The molecule has 0 amide bonds. The summed E-state index contributed by atoms with van der Waals surface area (Å²) in [5.74, 6) is 1.02. The summed E-state index contributed by atoms with van der Waals surface area (Å²) in [7, 11) is 0. The SMILES string of the molecule is C=CC([Te]C)C1CCCCC1. The third kappa shape index (κ3) is 2.80. The molecule has 1 unspecified atom stereocenters. The first-order valence-electron chi connectivity index (χ1n) is 4.54. The van der Waals surface area contributed by atoms with E-state index in [-0.39, 0.29) is 20.9 Å². The molecule has 0 heterocycles. The first kappa shape index (κ1) is 9.62. The van der Waals surface area contributed by atoms with Crippen molar-refractivity contribution in [2.24, 2.45) is 5.92 Å². The van der Waals surface area contributed by atoms with E-state index in [0.29, 0.717) is 0 Å². The Balaban J connectivity index is 2.35. The molecule has 0 nitrogen and oxygen atoms in total. The Labute approximate surface area is 80.5 Å². The molecule has 0 saturated heterocycles. The minimum absolute atomic E-state index is 0.237. The molecule has 1 aliphatic rings. The first-order chi connectivity index (χ1) is 5.38. The van der Waals surface area contributed by atoms with Crippen LogP contribution in [0.5, 0.6) is 0 Å². The zero-order chi connectivity index (χ0) is 8.10. The normalized spacial score (nSPS) is 23.0. The zero-order valence-electron chi connectivity index (χ0n) is 7.38. The van der Waals surface area contributed by atoms with Gasteiger partial charge in [0.2, 0.25) is 0 Å². The number of hydrogen-bond donors (Lipinski definition) is 0. The average Bonchev–Trinajstić information content (AvgIpc) is 2.09. The fourth-order valence-electron chi connectivity index (χ4n) is 1.94. The molecule has 1 heteroatoms.